The van der Waals surface area contributed by atoms with Gasteiger partial charge in [-0.05, 0) is 30.5 Å². The summed E-state index contributed by atoms with van der Waals surface area (Å²) in [5, 5.41) is 0. The number of rotatable bonds is 2. The van der Waals surface area contributed by atoms with Gasteiger partial charge in [0.05, 0.1) is 7.11 Å². The van der Waals surface area contributed by atoms with Crippen LogP contribution in [0, 0.1) is 5.82 Å². The van der Waals surface area contributed by atoms with E-state index < -0.39 is 6.04 Å². The van der Waals surface area contributed by atoms with E-state index in [-0.39, 0.29) is 11.8 Å². The van der Waals surface area contributed by atoms with Gasteiger partial charge in [0.15, 0.2) is 0 Å². The fraction of sp³-hybridized carbons (Fsp3) is 0.333. The topological polar surface area (TPSA) is 38.7 Å². The number of aliphatic imine (C=N–C) groups is 1. The van der Waals surface area contributed by atoms with E-state index in [0.717, 1.165) is 11.3 Å². The number of nitrogens with zero attached hydrogens (tertiary/aromatic N) is 1. The van der Waals surface area contributed by atoms with Crippen molar-refractivity contribution in [1.82, 2.24) is 0 Å². The first-order chi connectivity index (χ1) is 7.70. The Morgan fingerprint density at radius 2 is 2.38 bits per heavy atom. The van der Waals surface area contributed by atoms with Crippen LogP contribution in [0.5, 0.6) is 0 Å². The summed E-state index contributed by atoms with van der Waals surface area (Å²) in [6.45, 7) is 0. The van der Waals surface area contributed by atoms with Crippen LogP contribution in [0.1, 0.15) is 18.4 Å². The average Bonchev–Trinajstić information content (AvgIpc) is 2.77. The Morgan fingerprint density at radius 3 is 3.06 bits per heavy atom. The van der Waals surface area contributed by atoms with Gasteiger partial charge in [0.25, 0.3) is 0 Å². The Balaban J connectivity index is 2.21. The lowest BCUT2D eigenvalue weighted by molar-refractivity contribution is -0.141. The molecule has 0 amide bonds. The first-order valence-electron chi connectivity index (χ1n) is 5.11. The monoisotopic (exact) mass is 221 g/mol. The summed E-state index contributed by atoms with van der Waals surface area (Å²) in [7, 11) is 1.35. The largest absolute Gasteiger partial charge is 0.467 e. The molecule has 1 aliphatic rings. The molecule has 0 spiro atoms. The van der Waals surface area contributed by atoms with Crippen molar-refractivity contribution in [3.8, 4) is 0 Å². The zero-order chi connectivity index (χ0) is 11.5. The van der Waals surface area contributed by atoms with Crippen molar-refractivity contribution in [1.29, 1.82) is 0 Å². The molecule has 0 radical (unpaired) electrons. The van der Waals surface area contributed by atoms with E-state index in [4.69, 9.17) is 0 Å². The molecule has 1 heterocycles. The van der Waals surface area contributed by atoms with E-state index in [0.29, 0.717) is 12.8 Å². The summed E-state index contributed by atoms with van der Waals surface area (Å²) >= 11 is 0. The Bertz CT molecular complexity index is 442. The van der Waals surface area contributed by atoms with Crippen LogP contribution in [-0.2, 0) is 9.53 Å². The van der Waals surface area contributed by atoms with Gasteiger partial charge < -0.3 is 4.74 Å². The standard InChI is InChI=1S/C12H12FNO2/c1-16-12(15)11-6-5-10(14-11)8-3-2-4-9(13)7-8/h2-4,7,11H,5-6H2,1H3/t11-/m0/s1. The summed E-state index contributed by atoms with van der Waals surface area (Å²) in [5.41, 5.74) is 1.52. The van der Waals surface area contributed by atoms with Crippen LogP contribution < -0.4 is 0 Å². The Morgan fingerprint density at radius 1 is 1.56 bits per heavy atom. The molecule has 0 saturated carbocycles. The maximum Gasteiger partial charge on any atom is 0.330 e. The van der Waals surface area contributed by atoms with E-state index in [1.165, 1.54) is 19.2 Å². The lowest BCUT2D eigenvalue weighted by Gasteiger charge is -2.01. The van der Waals surface area contributed by atoms with Crippen molar-refractivity contribution in [2.45, 2.75) is 18.9 Å². The van der Waals surface area contributed by atoms with Crippen LogP contribution >= 0.6 is 0 Å². The molecule has 1 aromatic rings. The molecule has 0 bridgehead atoms. The van der Waals surface area contributed by atoms with E-state index >= 15 is 0 Å². The van der Waals surface area contributed by atoms with E-state index in [1.807, 2.05) is 0 Å². The zero-order valence-electron chi connectivity index (χ0n) is 8.94. The van der Waals surface area contributed by atoms with Gasteiger partial charge in [-0.15, -0.1) is 0 Å². The average molecular weight is 221 g/mol. The molecular formula is C12H12FNO2. The van der Waals surface area contributed by atoms with Crippen molar-refractivity contribution in [2.24, 2.45) is 4.99 Å². The Labute approximate surface area is 93.0 Å². The summed E-state index contributed by atoms with van der Waals surface area (Å²) in [4.78, 5) is 15.5. The molecule has 2 rings (SSSR count). The number of carbonyl (C=O) groups is 1. The van der Waals surface area contributed by atoms with Gasteiger partial charge in [-0.3, -0.25) is 4.99 Å². The summed E-state index contributed by atoms with van der Waals surface area (Å²) in [6.07, 6.45) is 1.32. The summed E-state index contributed by atoms with van der Waals surface area (Å²) < 4.78 is 17.6. The maximum absolute atomic E-state index is 13.0. The van der Waals surface area contributed by atoms with Crippen LogP contribution in [-0.4, -0.2) is 24.8 Å². The highest BCUT2D eigenvalue weighted by atomic mass is 19.1. The molecule has 16 heavy (non-hydrogen) atoms. The SMILES string of the molecule is COC(=O)[C@@H]1CCC(c2cccc(F)c2)=N1. The van der Waals surface area contributed by atoms with Gasteiger partial charge in [0.2, 0.25) is 0 Å². The fourth-order valence-corrected chi connectivity index (χ4v) is 1.78. The van der Waals surface area contributed by atoms with Crippen molar-refractivity contribution in [2.75, 3.05) is 7.11 Å². The van der Waals surface area contributed by atoms with Crippen LogP contribution in [0.2, 0.25) is 0 Å². The highest BCUT2D eigenvalue weighted by molar-refractivity contribution is 6.03. The van der Waals surface area contributed by atoms with Crippen LogP contribution in [0.4, 0.5) is 4.39 Å². The smallest absolute Gasteiger partial charge is 0.330 e. The third-order valence-corrected chi connectivity index (χ3v) is 2.60. The predicted molar refractivity (Wildman–Crippen MR) is 58.0 cm³/mol. The molecule has 1 atom stereocenters. The minimum atomic E-state index is -0.428. The number of hydrogen-bond donors (Lipinski definition) is 0. The third-order valence-electron chi connectivity index (χ3n) is 2.60. The minimum absolute atomic E-state index is 0.290. The minimum Gasteiger partial charge on any atom is -0.467 e. The van der Waals surface area contributed by atoms with Crippen LogP contribution in [0.15, 0.2) is 29.3 Å². The second-order valence-corrected chi connectivity index (χ2v) is 3.66. The highest BCUT2D eigenvalue weighted by Crippen LogP contribution is 2.19. The summed E-state index contributed by atoms with van der Waals surface area (Å²) in [6, 6.07) is 5.82. The number of halogens is 1. The molecule has 0 fully saturated rings. The van der Waals surface area contributed by atoms with E-state index in [2.05, 4.69) is 9.73 Å². The normalized spacial score (nSPS) is 19.4. The lowest BCUT2D eigenvalue weighted by Crippen LogP contribution is -2.16. The van der Waals surface area contributed by atoms with Crippen LogP contribution in [0.25, 0.3) is 0 Å². The number of hydrogen-bond acceptors (Lipinski definition) is 3. The maximum atomic E-state index is 13.0. The quantitative estimate of drug-likeness (QED) is 0.716. The number of methoxy groups -OCH3 is 1. The van der Waals surface area contributed by atoms with E-state index in [9.17, 15) is 9.18 Å². The number of benzene rings is 1. The highest BCUT2D eigenvalue weighted by Gasteiger charge is 2.25. The van der Waals surface area contributed by atoms with E-state index in [1.54, 1.807) is 12.1 Å². The van der Waals surface area contributed by atoms with Crippen molar-refractivity contribution >= 4 is 11.7 Å². The molecule has 0 N–H and O–H groups in total. The van der Waals surface area contributed by atoms with Crippen molar-refractivity contribution < 1.29 is 13.9 Å². The van der Waals surface area contributed by atoms with Crippen LogP contribution in [0.3, 0.4) is 0 Å². The molecule has 84 valence electrons. The number of carbonyl (C=O) groups excluding carboxylic acids is 1. The molecule has 0 unspecified atom stereocenters. The van der Waals surface area contributed by atoms with Gasteiger partial charge in [-0.1, -0.05) is 12.1 Å². The van der Waals surface area contributed by atoms with Gasteiger partial charge in [0, 0.05) is 5.71 Å². The first-order valence-corrected chi connectivity index (χ1v) is 5.11. The van der Waals surface area contributed by atoms with Crippen molar-refractivity contribution in [3.05, 3.63) is 35.6 Å². The molecule has 1 aromatic carbocycles. The molecule has 0 aromatic heterocycles. The molecule has 3 nitrogen and oxygen atoms in total. The van der Waals surface area contributed by atoms with Gasteiger partial charge in [0.1, 0.15) is 11.9 Å². The lowest BCUT2D eigenvalue weighted by atomic mass is 10.1. The molecule has 1 aliphatic heterocycles. The molecule has 0 aliphatic carbocycles. The molecule has 0 saturated heterocycles. The van der Waals surface area contributed by atoms with Gasteiger partial charge in [-0.2, -0.15) is 0 Å². The predicted octanol–water partition coefficient (Wildman–Crippen LogP) is 1.95. The third kappa shape index (κ3) is 2.10. The van der Waals surface area contributed by atoms with Gasteiger partial charge >= 0.3 is 5.97 Å². The van der Waals surface area contributed by atoms with Gasteiger partial charge in [-0.25, -0.2) is 9.18 Å². The number of esters is 1. The molecular weight excluding hydrogens is 209 g/mol. The first kappa shape index (κ1) is 10.8. The second-order valence-electron chi connectivity index (χ2n) is 3.66. The van der Waals surface area contributed by atoms with Crippen molar-refractivity contribution in [3.63, 3.8) is 0 Å². The zero-order valence-corrected chi connectivity index (χ0v) is 8.94. The molecule has 4 heteroatoms. The fourth-order valence-electron chi connectivity index (χ4n) is 1.78. The Kier molecular flexibility index (Phi) is 2.99. The summed E-state index contributed by atoms with van der Waals surface area (Å²) in [5.74, 6) is -0.617. The second kappa shape index (κ2) is 4.43. The Hall–Kier alpha value is -1.71. The number of ether oxygens (including phenoxy) is 1.